The van der Waals surface area contributed by atoms with E-state index in [-0.39, 0.29) is 17.9 Å². The molecular formula is C23H14ClI2N3O4. The third-order valence-corrected chi connectivity index (χ3v) is 6.16. The Labute approximate surface area is 221 Å². The minimum absolute atomic E-state index is 0.00175. The van der Waals surface area contributed by atoms with Gasteiger partial charge in [-0.25, -0.2) is 0 Å². The van der Waals surface area contributed by atoms with Gasteiger partial charge in [-0.05, 0) is 98.8 Å². The summed E-state index contributed by atoms with van der Waals surface area (Å²) >= 11 is 10.1. The van der Waals surface area contributed by atoms with Crippen molar-refractivity contribution >= 4 is 80.1 Å². The SMILES string of the molecule is N#C/C(=C/c1cc(I)c(OCc2cccc([N+](=O)[O-])c2)c(I)c1)C(=O)Nc1ccc(Cl)cc1. The van der Waals surface area contributed by atoms with E-state index in [1.807, 2.05) is 6.07 Å². The first kappa shape index (κ1) is 24.9. The van der Waals surface area contributed by atoms with Crippen molar-refractivity contribution in [3.8, 4) is 11.8 Å². The van der Waals surface area contributed by atoms with Crippen LogP contribution in [0.4, 0.5) is 11.4 Å². The fourth-order valence-corrected chi connectivity index (χ4v) is 5.02. The maximum Gasteiger partial charge on any atom is 0.269 e. The smallest absolute Gasteiger partial charge is 0.269 e. The Kier molecular flexibility index (Phi) is 8.65. The molecule has 10 heteroatoms. The number of ether oxygens (including phenoxy) is 1. The molecule has 0 radical (unpaired) electrons. The molecule has 0 saturated carbocycles. The van der Waals surface area contributed by atoms with Crippen LogP contribution in [0.5, 0.6) is 5.75 Å². The lowest BCUT2D eigenvalue weighted by molar-refractivity contribution is -0.384. The van der Waals surface area contributed by atoms with Gasteiger partial charge in [0.05, 0.1) is 12.1 Å². The molecule has 7 nitrogen and oxygen atoms in total. The summed E-state index contributed by atoms with van der Waals surface area (Å²) in [6, 6.07) is 18.3. The Morgan fingerprint density at radius 3 is 2.42 bits per heavy atom. The van der Waals surface area contributed by atoms with E-state index in [0.29, 0.717) is 27.6 Å². The van der Waals surface area contributed by atoms with Gasteiger partial charge < -0.3 is 10.1 Å². The third-order valence-electron chi connectivity index (χ3n) is 4.30. The molecule has 3 rings (SSSR count). The molecule has 0 spiro atoms. The molecule has 33 heavy (non-hydrogen) atoms. The largest absolute Gasteiger partial charge is 0.487 e. The quantitative estimate of drug-likeness (QED) is 0.0995. The maximum absolute atomic E-state index is 12.5. The molecule has 0 aliphatic heterocycles. The fraction of sp³-hybridized carbons (Fsp3) is 0.0435. The molecule has 0 aromatic heterocycles. The lowest BCUT2D eigenvalue weighted by atomic mass is 10.1. The number of anilines is 1. The van der Waals surface area contributed by atoms with Crippen LogP contribution in [0.15, 0.2) is 66.2 Å². The first-order valence-corrected chi connectivity index (χ1v) is 11.8. The number of nitriles is 1. The topological polar surface area (TPSA) is 105 Å². The van der Waals surface area contributed by atoms with Crippen molar-refractivity contribution in [2.45, 2.75) is 6.61 Å². The number of non-ortho nitro benzene ring substituents is 1. The van der Waals surface area contributed by atoms with Gasteiger partial charge in [-0.15, -0.1) is 0 Å². The second-order valence-corrected chi connectivity index (χ2v) is 9.42. The van der Waals surface area contributed by atoms with Gasteiger partial charge in [-0.1, -0.05) is 23.7 Å². The average Bonchev–Trinajstić information content (AvgIpc) is 2.78. The minimum Gasteiger partial charge on any atom is -0.487 e. The molecule has 3 aromatic rings. The lowest BCUT2D eigenvalue weighted by Gasteiger charge is -2.12. The van der Waals surface area contributed by atoms with E-state index in [2.05, 4.69) is 50.5 Å². The summed E-state index contributed by atoms with van der Waals surface area (Å²) < 4.78 is 7.44. The Bertz CT molecular complexity index is 1260. The first-order valence-electron chi connectivity index (χ1n) is 9.30. The van der Waals surface area contributed by atoms with Crippen molar-refractivity contribution < 1.29 is 14.5 Å². The van der Waals surface area contributed by atoms with E-state index < -0.39 is 10.8 Å². The van der Waals surface area contributed by atoms with E-state index in [0.717, 1.165) is 7.14 Å². The number of rotatable bonds is 7. The number of nitrogens with zero attached hydrogens (tertiary/aromatic N) is 2. The predicted molar refractivity (Wildman–Crippen MR) is 143 cm³/mol. The molecule has 1 N–H and O–H groups in total. The molecule has 3 aromatic carbocycles. The second-order valence-electron chi connectivity index (χ2n) is 6.66. The standard InChI is InChI=1S/C23H14ClI2N3O4/c24-17-4-6-18(7-5-17)28-23(30)16(12-27)8-15-10-20(25)22(21(26)11-15)33-13-14-2-1-3-19(9-14)29(31)32/h1-11H,13H2,(H,28,30)/b16-8-. The molecule has 0 bridgehead atoms. The van der Waals surface area contributed by atoms with Gasteiger partial charge in [0, 0.05) is 22.8 Å². The summed E-state index contributed by atoms with van der Waals surface area (Å²) in [4.78, 5) is 23.0. The van der Waals surface area contributed by atoms with E-state index in [1.54, 1.807) is 48.5 Å². The number of carbonyl (C=O) groups is 1. The fourth-order valence-electron chi connectivity index (χ4n) is 2.76. The first-order chi connectivity index (χ1) is 15.8. The van der Waals surface area contributed by atoms with Crippen molar-refractivity contribution in [2.24, 2.45) is 0 Å². The zero-order valence-corrected chi connectivity index (χ0v) is 21.8. The molecular weight excluding hydrogens is 672 g/mol. The number of nitro benzene ring substituents is 1. The highest BCUT2D eigenvalue weighted by atomic mass is 127. The van der Waals surface area contributed by atoms with Crippen LogP contribution in [0.2, 0.25) is 5.02 Å². The van der Waals surface area contributed by atoms with Crippen LogP contribution >= 0.6 is 56.8 Å². The van der Waals surface area contributed by atoms with Gasteiger partial charge in [0.25, 0.3) is 11.6 Å². The Balaban J connectivity index is 1.76. The number of hydrogen-bond donors (Lipinski definition) is 1. The van der Waals surface area contributed by atoms with E-state index in [9.17, 15) is 20.2 Å². The molecule has 0 heterocycles. The van der Waals surface area contributed by atoms with E-state index >= 15 is 0 Å². The van der Waals surface area contributed by atoms with Crippen molar-refractivity contribution in [3.05, 3.63) is 99.6 Å². The summed E-state index contributed by atoms with van der Waals surface area (Å²) in [7, 11) is 0. The van der Waals surface area contributed by atoms with Crippen LogP contribution in [0.1, 0.15) is 11.1 Å². The van der Waals surface area contributed by atoms with Crippen LogP contribution in [0.25, 0.3) is 6.08 Å². The van der Waals surface area contributed by atoms with Gasteiger partial charge in [0.1, 0.15) is 24.0 Å². The van der Waals surface area contributed by atoms with Gasteiger partial charge in [-0.2, -0.15) is 5.26 Å². The highest BCUT2D eigenvalue weighted by molar-refractivity contribution is 14.1. The molecule has 0 atom stereocenters. The molecule has 0 saturated heterocycles. The van der Waals surface area contributed by atoms with Crippen LogP contribution in [-0.4, -0.2) is 10.8 Å². The number of halogens is 3. The third kappa shape index (κ3) is 6.89. The van der Waals surface area contributed by atoms with Crippen LogP contribution < -0.4 is 10.1 Å². The Morgan fingerprint density at radius 1 is 1.15 bits per heavy atom. The summed E-state index contributed by atoms with van der Waals surface area (Å²) in [6.07, 6.45) is 1.50. The van der Waals surface area contributed by atoms with E-state index in [4.69, 9.17) is 16.3 Å². The minimum atomic E-state index is -0.532. The summed E-state index contributed by atoms with van der Waals surface area (Å²) in [6.45, 7) is 0.163. The number of benzene rings is 3. The highest BCUT2D eigenvalue weighted by Crippen LogP contribution is 2.31. The van der Waals surface area contributed by atoms with Crippen LogP contribution in [0.3, 0.4) is 0 Å². The molecule has 0 aliphatic carbocycles. The van der Waals surface area contributed by atoms with Crippen LogP contribution in [0, 0.1) is 28.6 Å². The molecule has 0 fully saturated rings. The second kappa shape index (κ2) is 11.4. The highest BCUT2D eigenvalue weighted by Gasteiger charge is 2.13. The number of nitro groups is 1. The van der Waals surface area contributed by atoms with Crippen LogP contribution in [-0.2, 0) is 11.4 Å². The molecule has 1 amide bonds. The summed E-state index contributed by atoms with van der Waals surface area (Å²) in [5.74, 6) is 0.0832. The van der Waals surface area contributed by atoms with Gasteiger partial charge in [0.2, 0.25) is 0 Å². The number of hydrogen-bond acceptors (Lipinski definition) is 5. The summed E-state index contributed by atoms with van der Waals surface area (Å²) in [5.41, 5.74) is 1.81. The zero-order chi connectivity index (χ0) is 24.0. The monoisotopic (exact) mass is 685 g/mol. The molecule has 0 aliphatic rings. The van der Waals surface area contributed by atoms with Crippen molar-refractivity contribution in [1.82, 2.24) is 0 Å². The summed E-state index contributed by atoms with van der Waals surface area (Å²) in [5, 5.41) is 23.6. The maximum atomic E-state index is 12.5. The predicted octanol–water partition coefficient (Wildman–Crippen LogP) is 6.58. The van der Waals surface area contributed by atoms with Gasteiger partial charge in [-0.3, -0.25) is 14.9 Å². The Morgan fingerprint density at radius 2 is 1.82 bits per heavy atom. The van der Waals surface area contributed by atoms with Crippen molar-refractivity contribution in [3.63, 3.8) is 0 Å². The normalized spacial score (nSPS) is 10.9. The van der Waals surface area contributed by atoms with Crippen molar-refractivity contribution in [2.75, 3.05) is 5.32 Å². The van der Waals surface area contributed by atoms with Gasteiger partial charge >= 0.3 is 0 Å². The number of carbonyl (C=O) groups excluding carboxylic acids is 1. The molecule has 166 valence electrons. The zero-order valence-electron chi connectivity index (χ0n) is 16.7. The number of amides is 1. The lowest BCUT2D eigenvalue weighted by Crippen LogP contribution is -2.13. The van der Waals surface area contributed by atoms with Gasteiger partial charge in [0.15, 0.2) is 0 Å². The average molecular weight is 686 g/mol. The van der Waals surface area contributed by atoms with E-state index in [1.165, 1.54) is 18.2 Å². The number of nitrogens with one attached hydrogen (secondary N) is 1. The molecule has 0 unspecified atom stereocenters. The van der Waals surface area contributed by atoms with Crippen molar-refractivity contribution in [1.29, 1.82) is 5.26 Å². The Hall–Kier alpha value is -2.69.